The first-order valence-corrected chi connectivity index (χ1v) is 7.51. The second-order valence-electron chi connectivity index (χ2n) is 3.73. The Bertz CT molecular complexity index is 402. The van der Waals surface area contributed by atoms with Crippen molar-refractivity contribution in [2.45, 2.75) is 25.4 Å². The summed E-state index contributed by atoms with van der Waals surface area (Å²) in [6, 6.07) is 0.0745. The quantitative estimate of drug-likeness (QED) is 0.826. The van der Waals surface area contributed by atoms with Gasteiger partial charge in [0.2, 0.25) is 0 Å². The molecule has 0 spiro atoms. The van der Waals surface area contributed by atoms with E-state index in [-0.39, 0.29) is 11.8 Å². The molecular weight excluding hydrogens is 234 g/mol. The van der Waals surface area contributed by atoms with Crippen LogP contribution in [0.25, 0.3) is 0 Å². The van der Waals surface area contributed by atoms with Gasteiger partial charge in [-0.2, -0.15) is 0 Å². The van der Waals surface area contributed by atoms with Crippen LogP contribution in [0.5, 0.6) is 0 Å². The third kappa shape index (κ3) is 3.22. The van der Waals surface area contributed by atoms with Gasteiger partial charge in [-0.25, -0.2) is 8.42 Å². The molecule has 1 aliphatic rings. The standard InChI is InChI=1S/C8H13N3O2S2/c12-15(13)3-1-2-7(6-15)9-4-8-5-14-11-10-8/h5,7,9H,1-4,6H2. The number of aromatic nitrogens is 2. The average Bonchev–Trinajstić information content (AvgIpc) is 2.65. The molecule has 0 radical (unpaired) electrons. The van der Waals surface area contributed by atoms with Crippen molar-refractivity contribution >= 4 is 21.4 Å². The lowest BCUT2D eigenvalue weighted by molar-refractivity contribution is 0.477. The highest BCUT2D eigenvalue weighted by Gasteiger charge is 2.24. The van der Waals surface area contributed by atoms with Crippen LogP contribution in [0.15, 0.2) is 5.38 Å². The van der Waals surface area contributed by atoms with Crippen molar-refractivity contribution in [3.63, 3.8) is 0 Å². The maximum Gasteiger partial charge on any atom is 0.151 e. The summed E-state index contributed by atoms with van der Waals surface area (Å²) in [5.41, 5.74) is 0.878. The van der Waals surface area contributed by atoms with Crippen LogP contribution in [-0.4, -0.2) is 35.6 Å². The zero-order valence-corrected chi connectivity index (χ0v) is 9.85. The van der Waals surface area contributed by atoms with Crippen molar-refractivity contribution in [2.75, 3.05) is 11.5 Å². The van der Waals surface area contributed by atoms with Gasteiger partial charge < -0.3 is 5.32 Å². The molecule has 84 valence electrons. The van der Waals surface area contributed by atoms with E-state index in [1.807, 2.05) is 5.38 Å². The van der Waals surface area contributed by atoms with Crippen LogP contribution >= 0.6 is 11.5 Å². The van der Waals surface area contributed by atoms with E-state index in [4.69, 9.17) is 0 Å². The highest BCUT2D eigenvalue weighted by molar-refractivity contribution is 7.91. The predicted octanol–water partition coefficient (Wildman–Crippen LogP) is 0.205. The van der Waals surface area contributed by atoms with E-state index in [2.05, 4.69) is 14.9 Å². The van der Waals surface area contributed by atoms with Crippen molar-refractivity contribution in [2.24, 2.45) is 0 Å². The van der Waals surface area contributed by atoms with Gasteiger partial charge in [0.25, 0.3) is 0 Å². The molecule has 0 aromatic carbocycles. The minimum Gasteiger partial charge on any atom is -0.307 e. The fourth-order valence-corrected chi connectivity index (χ4v) is 3.82. The SMILES string of the molecule is O=S1(=O)CCCC(NCc2csnn2)C1. The number of hydrogen-bond donors (Lipinski definition) is 1. The normalized spacial score (nSPS) is 25.2. The largest absolute Gasteiger partial charge is 0.307 e. The second kappa shape index (κ2) is 4.54. The summed E-state index contributed by atoms with van der Waals surface area (Å²) in [4.78, 5) is 0. The number of hydrogen-bond acceptors (Lipinski definition) is 6. The molecule has 1 saturated heterocycles. The van der Waals surface area contributed by atoms with Gasteiger partial charge in [0.05, 0.1) is 17.2 Å². The molecule has 1 fully saturated rings. The van der Waals surface area contributed by atoms with Gasteiger partial charge >= 0.3 is 0 Å². The minimum absolute atomic E-state index is 0.0745. The molecule has 2 rings (SSSR count). The van der Waals surface area contributed by atoms with E-state index in [0.29, 0.717) is 12.3 Å². The summed E-state index contributed by atoms with van der Waals surface area (Å²) in [5.74, 6) is 0.591. The summed E-state index contributed by atoms with van der Waals surface area (Å²) < 4.78 is 26.5. The Balaban J connectivity index is 1.85. The molecule has 0 aliphatic carbocycles. The van der Waals surface area contributed by atoms with E-state index in [1.165, 1.54) is 11.5 Å². The molecule has 2 heterocycles. The lowest BCUT2D eigenvalue weighted by Crippen LogP contribution is -2.39. The van der Waals surface area contributed by atoms with E-state index in [0.717, 1.165) is 18.5 Å². The molecule has 1 unspecified atom stereocenters. The predicted molar refractivity (Wildman–Crippen MR) is 58.4 cm³/mol. The maximum atomic E-state index is 11.4. The van der Waals surface area contributed by atoms with Gasteiger partial charge in [0.1, 0.15) is 0 Å². The average molecular weight is 247 g/mol. The smallest absolute Gasteiger partial charge is 0.151 e. The number of sulfone groups is 1. The van der Waals surface area contributed by atoms with Crippen molar-refractivity contribution < 1.29 is 8.42 Å². The Morgan fingerprint density at radius 3 is 3.13 bits per heavy atom. The van der Waals surface area contributed by atoms with Crippen molar-refractivity contribution in [1.82, 2.24) is 14.9 Å². The van der Waals surface area contributed by atoms with E-state index in [1.54, 1.807) is 0 Å². The van der Waals surface area contributed by atoms with Crippen LogP contribution in [0.3, 0.4) is 0 Å². The fourth-order valence-electron chi connectivity index (χ4n) is 1.69. The third-order valence-corrected chi connectivity index (χ3v) is 4.81. The topological polar surface area (TPSA) is 72.0 Å². The highest BCUT2D eigenvalue weighted by atomic mass is 32.2. The van der Waals surface area contributed by atoms with Crippen molar-refractivity contribution in [3.05, 3.63) is 11.1 Å². The first-order valence-electron chi connectivity index (χ1n) is 4.85. The van der Waals surface area contributed by atoms with Crippen LogP contribution in [0.2, 0.25) is 0 Å². The summed E-state index contributed by atoms with van der Waals surface area (Å²) in [5, 5.41) is 8.96. The van der Waals surface area contributed by atoms with Crippen molar-refractivity contribution in [1.29, 1.82) is 0 Å². The molecule has 1 aliphatic heterocycles. The first-order chi connectivity index (χ1) is 7.16. The Labute approximate surface area is 93.0 Å². The molecule has 1 N–H and O–H groups in total. The summed E-state index contributed by atoms with van der Waals surface area (Å²) in [6.07, 6.45) is 1.69. The number of rotatable bonds is 3. The fraction of sp³-hybridized carbons (Fsp3) is 0.750. The molecule has 15 heavy (non-hydrogen) atoms. The van der Waals surface area contributed by atoms with Gasteiger partial charge in [-0.3, -0.25) is 0 Å². The molecule has 1 atom stereocenters. The highest BCUT2D eigenvalue weighted by Crippen LogP contribution is 2.12. The van der Waals surface area contributed by atoms with Crippen LogP contribution in [0, 0.1) is 0 Å². The van der Waals surface area contributed by atoms with Gasteiger partial charge in [0, 0.05) is 18.0 Å². The molecule has 0 saturated carbocycles. The Hall–Kier alpha value is -0.530. The minimum atomic E-state index is -2.82. The monoisotopic (exact) mass is 247 g/mol. The van der Waals surface area contributed by atoms with E-state index < -0.39 is 9.84 Å². The van der Waals surface area contributed by atoms with Gasteiger partial charge in [-0.05, 0) is 24.4 Å². The van der Waals surface area contributed by atoms with Crippen LogP contribution < -0.4 is 5.32 Å². The molecule has 7 heteroatoms. The lowest BCUT2D eigenvalue weighted by Gasteiger charge is -2.22. The second-order valence-corrected chi connectivity index (χ2v) is 6.57. The molecule has 1 aromatic rings. The van der Waals surface area contributed by atoms with Crippen molar-refractivity contribution in [3.8, 4) is 0 Å². The van der Waals surface area contributed by atoms with Crippen LogP contribution in [0.1, 0.15) is 18.5 Å². The molecule has 0 bridgehead atoms. The summed E-state index contributed by atoms with van der Waals surface area (Å²) in [7, 11) is -2.82. The van der Waals surface area contributed by atoms with Crippen LogP contribution in [-0.2, 0) is 16.4 Å². The Morgan fingerprint density at radius 1 is 1.60 bits per heavy atom. The van der Waals surface area contributed by atoms with Gasteiger partial charge in [-0.1, -0.05) is 4.49 Å². The number of nitrogens with one attached hydrogen (secondary N) is 1. The Kier molecular flexibility index (Phi) is 3.32. The molecule has 0 amide bonds. The van der Waals surface area contributed by atoms with Crippen LogP contribution in [0.4, 0.5) is 0 Å². The Morgan fingerprint density at radius 2 is 2.47 bits per heavy atom. The van der Waals surface area contributed by atoms with E-state index in [9.17, 15) is 8.42 Å². The maximum absolute atomic E-state index is 11.4. The molecule has 5 nitrogen and oxygen atoms in total. The molecular formula is C8H13N3O2S2. The zero-order valence-electron chi connectivity index (χ0n) is 8.22. The van der Waals surface area contributed by atoms with Gasteiger partial charge in [-0.15, -0.1) is 5.10 Å². The van der Waals surface area contributed by atoms with Gasteiger partial charge in [0.15, 0.2) is 9.84 Å². The summed E-state index contributed by atoms with van der Waals surface area (Å²) in [6.45, 7) is 0.608. The lowest BCUT2D eigenvalue weighted by atomic mass is 10.2. The molecule has 1 aromatic heterocycles. The van der Waals surface area contributed by atoms with E-state index >= 15 is 0 Å². The first kappa shape index (κ1) is 11.0. The summed E-state index contributed by atoms with van der Waals surface area (Å²) >= 11 is 1.31. The number of nitrogens with zero attached hydrogens (tertiary/aromatic N) is 2. The zero-order chi connectivity index (χ0) is 10.7. The third-order valence-electron chi connectivity index (χ3n) is 2.44.